The number of nitrogens with two attached hydrogens (primary N) is 1. The highest BCUT2D eigenvalue weighted by molar-refractivity contribution is 7.91. The molecule has 1 unspecified atom stereocenters. The van der Waals surface area contributed by atoms with Crippen LogP contribution in [0.3, 0.4) is 0 Å². The highest BCUT2D eigenvalue weighted by Gasteiger charge is 2.47. The summed E-state index contributed by atoms with van der Waals surface area (Å²) in [7, 11) is -0.826. The Bertz CT molecular complexity index is 401. The summed E-state index contributed by atoms with van der Waals surface area (Å²) in [5.41, 5.74) is 5.72. The van der Waals surface area contributed by atoms with Gasteiger partial charge in [0, 0.05) is 18.0 Å². The van der Waals surface area contributed by atoms with Gasteiger partial charge in [0.15, 0.2) is 9.84 Å². The quantitative estimate of drug-likeness (QED) is 0.732. The molecule has 1 aliphatic carbocycles. The molecule has 2 N–H and O–H groups in total. The van der Waals surface area contributed by atoms with Gasteiger partial charge in [0.1, 0.15) is 0 Å². The van der Waals surface area contributed by atoms with E-state index in [9.17, 15) is 8.42 Å². The largest absolute Gasteiger partial charge is 0.393 e. The maximum atomic E-state index is 11.4. The molecule has 2 rings (SSSR count). The molecule has 2 aliphatic rings. The van der Waals surface area contributed by atoms with Crippen LogP contribution in [0.5, 0.6) is 0 Å². The van der Waals surface area contributed by atoms with E-state index in [2.05, 4.69) is 4.90 Å². The smallest absolute Gasteiger partial charge is 0.151 e. The van der Waals surface area contributed by atoms with E-state index in [1.807, 2.05) is 7.05 Å². The van der Waals surface area contributed by atoms with Crippen LogP contribution in [0.15, 0.2) is 0 Å². The first-order valence-electron chi connectivity index (χ1n) is 5.55. The summed E-state index contributed by atoms with van der Waals surface area (Å²) in [4.78, 5) is 2.71. The van der Waals surface area contributed by atoms with Crippen LogP contribution in [0.1, 0.15) is 19.3 Å². The average molecular weight is 262 g/mol. The molecule has 1 heterocycles. The van der Waals surface area contributed by atoms with Crippen LogP contribution < -0.4 is 5.73 Å². The molecule has 0 bridgehead atoms. The summed E-state index contributed by atoms with van der Waals surface area (Å²) in [6.07, 6.45) is 2.84. The minimum atomic E-state index is -2.80. The minimum absolute atomic E-state index is 0.00354. The molecule has 6 heteroatoms. The molecule has 1 saturated heterocycles. The van der Waals surface area contributed by atoms with Crippen LogP contribution >= 0.6 is 12.2 Å². The maximum absolute atomic E-state index is 11.4. The number of hydrogen-bond donors (Lipinski definition) is 1. The Hall–Kier alpha value is -0.200. The molecule has 0 radical (unpaired) electrons. The van der Waals surface area contributed by atoms with Gasteiger partial charge in [0.2, 0.25) is 0 Å². The van der Waals surface area contributed by atoms with Crippen LogP contribution in [-0.4, -0.2) is 49.4 Å². The third kappa shape index (κ3) is 2.38. The molecule has 16 heavy (non-hydrogen) atoms. The standard InChI is InChI=1S/C10H18N2O2S2/c1-12(7-10(3-4-10)9(11)15)8-2-5-16(13,14)6-8/h8H,2-7H2,1H3,(H2,11,15). The van der Waals surface area contributed by atoms with Crippen LogP contribution in [0, 0.1) is 5.41 Å². The zero-order chi connectivity index (χ0) is 12.0. The fourth-order valence-electron chi connectivity index (χ4n) is 2.36. The highest BCUT2D eigenvalue weighted by Crippen LogP contribution is 2.46. The molecule has 0 spiro atoms. The van der Waals surface area contributed by atoms with Crippen molar-refractivity contribution in [3.05, 3.63) is 0 Å². The fourth-order valence-corrected chi connectivity index (χ4v) is 4.44. The van der Waals surface area contributed by atoms with Crippen molar-refractivity contribution in [2.45, 2.75) is 25.3 Å². The summed E-state index contributed by atoms with van der Waals surface area (Å²) >= 11 is 5.07. The van der Waals surface area contributed by atoms with E-state index in [0.29, 0.717) is 10.7 Å². The highest BCUT2D eigenvalue weighted by atomic mass is 32.2. The van der Waals surface area contributed by atoms with Gasteiger partial charge in [0.05, 0.1) is 16.5 Å². The molecule has 0 aromatic carbocycles. The van der Waals surface area contributed by atoms with Gasteiger partial charge in [-0.05, 0) is 26.3 Å². The van der Waals surface area contributed by atoms with Crippen molar-refractivity contribution in [2.24, 2.45) is 11.1 Å². The first kappa shape index (κ1) is 12.3. The third-order valence-electron chi connectivity index (χ3n) is 3.76. The Morgan fingerprint density at radius 2 is 2.19 bits per heavy atom. The number of sulfone groups is 1. The van der Waals surface area contributed by atoms with Crippen molar-refractivity contribution in [1.82, 2.24) is 4.90 Å². The van der Waals surface area contributed by atoms with Crippen LogP contribution in [0.2, 0.25) is 0 Å². The van der Waals surface area contributed by atoms with Crippen LogP contribution in [-0.2, 0) is 9.84 Å². The molecule has 4 nitrogen and oxygen atoms in total. The molecule has 0 aromatic rings. The molecule has 1 atom stereocenters. The molecule has 1 saturated carbocycles. The second-order valence-electron chi connectivity index (χ2n) is 5.12. The lowest BCUT2D eigenvalue weighted by molar-refractivity contribution is 0.237. The predicted octanol–water partition coefficient (Wildman–Crippen LogP) is 0.172. The number of thiocarbonyl (C=S) groups is 1. The number of rotatable bonds is 4. The lowest BCUT2D eigenvalue weighted by atomic mass is 10.1. The second-order valence-corrected chi connectivity index (χ2v) is 7.79. The third-order valence-corrected chi connectivity index (χ3v) is 5.94. The maximum Gasteiger partial charge on any atom is 0.151 e. The Kier molecular flexibility index (Phi) is 3.01. The molecule has 0 aromatic heterocycles. The Morgan fingerprint density at radius 3 is 2.56 bits per heavy atom. The van der Waals surface area contributed by atoms with Crippen molar-refractivity contribution >= 4 is 27.0 Å². The molecule has 1 aliphatic heterocycles. The van der Waals surface area contributed by atoms with E-state index in [1.54, 1.807) is 0 Å². The van der Waals surface area contributed by atoms with E-state index in [1.165, 1.54) is 0 Å². The van der Waals surface area contributed by atoms with E-state index in [-0.39, 0.29) is 17.2 Å². The van der Waals surface area contributed by atoms with Crippen molar-refractivity contribution in [3.8, 4) is 0 Å². The van der Waals surface area contributed by atoms with Crippen molar-refractivity contribution in [2.75, 3.05) is 25.1 Å². The molecule has 92 valence electrons. The molecular weight excluding hydrogens is 244 g/mol. The summed E-state index contributed by atoms with van der Waals surface area (Å²) in [5, 5.41) is 0. The lowest BCUT2D eigenvalue weighted by Crippen LogP contribution is -2.41. The van der Waals surface area contributed by atoms with E-state index < -0.39 is 9.84 Å². The van der Waals surface area contributed by atoms with Gasteiger partial charge in [-0.3, -0.25) is 0 Å². The van der Waals surface area contributed by atoms with Crippen LogP contribution in [0.25, 0.3) is 0 Å². The zero-order valence-electron chi connectivity index (χ0n) is 9.48. The van der Waals surface area contributed by atoms with Gasteiger partial charge in [-0.2, -0.15) is 0 Å². The monoisotopic (exact) mass is 262 g/mol. The molecule has 2 fully saturated rings. The normalized spacial score (nSPS) is 30.5. The molecule has 0 amide bonds. The fraction of sp³-hybridized carbons (Fsp3) is 0.900. The predicted molar refractivity (Wildman–Crippen MR) is 68.1 cm³/mol. The average Bonchev–Trinajstić information content (AvgIpc) is 2.85. The van der Waals surface area contributed by atoms with Gasteiger partial charge < -0.3 is 10.6 Å². The van der Waals surface area contributed by atoms with E-state index >= 15 is 0 Å². The first-order chi connectivity index (χ1) is 7.35. The Balaban J connectivity index is 1.95. The minimum Gasteiger partial charge on any atom is -0.393 e. The SMILES string of the molecule is CN(CC1(C(N)=S)CC1)C1CCS(=O)(=O)C1. The van der Waals surface area contributed by atoms with Gasteiger partial charge in [0.25, 0.3) is 0 Å². The van der Waals surface area contributed by atoms with Gasteiger partial charge in [-0.15, -0.1) is 0 Å². The van der Waals surface area contributed by atoms with Crippen molar-refractivity contribution in [1.29, 1.82) is 0 Å². The number of hydrogen-bond acceptors (Lipinski definition) is 4. The van der Waals surface area contributed by atoms with Crippen LogP contribution in [0.4, 0.5) is 0 Å². The van der Waals surface area contributed by atoms with Gasteiger partial charge in [-0.25, -0.2) is 8.42 Å². The van der Waals surface area contributed by atoms with Crippen molar-refractivity contribution in [3.63, 3.8) is 0 Å². The van der Waals surface area contributed by atoms with E-state index in [4.69, 9.17) is 18.0 Å². The summed E-state index contributed by atoms with van der Waals surface area (Å²) in [5.74, 6) is 0.610. The van der Waals surface area contributed by atoms with Gasteiger partial charge in [-0.1, -0.05) is 12.2 Å². The Labute approximate surface area is 102 Å². The first-order valence-corrected chi connectivity index (χ1v) is 7.78. The number of nitrogens with zero attached hydrogens (tertiary/aromatic N) is 1. The Morgan fingerprint density at radius 1 is 1.56 bits per heavy atom. The summed E-state index contributed by atoms with van der Waals surface area (Å²) in [6.45, 7) is 0.808. The topological polar surface area (TPSA) is 63.4 Å². The van der Waals surface area contributed by atoms with Gasteiger partial charge >= 0.3 is 0 Å². The molecular formula is C10H18N2O2S2. The summed E-state index contributed by atoms with van der Waals surface area (Å²) in [6, 6.07) is 0.150. The zero-order valence-corrected chi connectivity index (χ0v) is 11.1. The lowest BCUT2D eigenvalue weighted by Gasteiger charge is -2.27. The van der Waals surface area contributed by atoms with E-state index in [0.717, 1.165) is 25.8 Å². The van der Waals surface area contributed by atoms with Crippen molar-refractivity contribution < 1.29 is 8.42 Å². The second kappa shape index (κ2) is 3.92. The summed E-state index contributed by atoms with van der Waals surface area (Å²) < 4.78 is 22.8.